The summed E-state index contributed by atoms with van der Waals surface area (Å²) in [4.78, 5) is 0. The second kappa shape index (κ2) is 23.7. The van der Waals surface area contributed by atoms with Gasteiger partial charge < -0.3 is 9.11 Å². The van der Waals surface area contributed by atoms with Crippen LogP contribution in [-0.4, -0.2) is 75.2 Å². The Balaban J connectivity index is -0.000000451. The molecule has 0 spiro atoms. The zero-order chi connectivity index (χ0) is 21.7. The van der Waals surface area contributed by atoms with E-state index in [-0.39, 0.29) is 49.2 Å². The van der Waals surface area contributed by atoms with E-state index in [4.69, 9.17) is 0 Å². The number of hydrogen-bond acceptors (Lipinski definition) is 6. The Bertz CT molecular complexity index is 473. The van der Waals surface area contributed by atoms with E-state index in [0.29, 0.717) is 12.8 Å². The maximum Gasteiger partial charge on any atom is 2.00 e. The first-order chi connectivity index (χ1) is 13.1. The van der Waals surface area contributed by atoms with Crippen molar-refractivity contribution in [1.82, 2.24) is 0 Å². The van der Waals surface area contributed by atoms with Crippen LogP contribution < -0.4 is 0 Å². The minimum Gasteiger partial charge on any atom is -0.748 e. The first-order valence-corrected chi connectivity index (χ1v) is 14.1. The van der Waals surface area contributed by atoms with E-state index in [1.54, 1.807) is 0 Å². The van der Waals surface area contributed by atoms with Gasteiger partial charge in [0, 0.05) is 11.5 Å². The molecule has 0 N–H and O–H groups in total. The average Bonchev–Trinajstić information content (AvgIpc) is 2.58. The molecule has 0 aromatic rings. The van der Waals surface area contributed by atoms with Gasteiger partial charge in [-0.15, -0.1) is 0 Å². The van der Waals surface area contributed by atoms with E-state index in [2.05, 4.69) is 13.8 Å². The molecule has 29 heavy (non-hydrogen) atoms. The van der Waals surface area contributed by atoms with Crippen LogP contribution in [0.4, 0.5) is 0 Å². The van der Waals surface area contributed by atoms with E-state index in [1.165, 1.54) is 64.2 Å². The zero-order valence-electron chi connectivity index (χ0n) is 18.7. The average molecular weight is 483 g/mol. The summed E-state index contributed by atoms with van der Waals surface area (Å²) in [6.45, 7) is 4.36. The number of hydrogen-bond donors (Lipinski definition) is 0. The van der Waals surface area contributed by atoms with Crippen LogP contribution in [0.2, 0.25) is 0 Å². The Morgan fingerprint density at radius 3 is 0.862 bits per heavy atom. The fraction of sp³-hybridized carbons (Fsp3) is 1.00. The molecule has 0 aromatic heterocycles. The zero-order valence-corrected chi connectivity index (χ0v) is 22.5. The van der Waals surface area contributed by atoms with Crippen LogP contribution in [0.3, 0.4) is 0 Å². The molecule has 0 saturated heterocycles. The first kappa shape index (κ1) is 34.7. The molecule has 0 radical (unpaired) electrons. The van der Waals surface area contributed by atoms with Gasteiger partial charge in [0.1, 0.15) is 0 Å². The van der Waals surface area contributed by atoms with Crippen LogP contribution in [0.25, 0.3) is 0 Å². The predicted molar refractivity (Wildman–Crippen MR) is 120 cm³/mol. The molecule has 6 nitrogen and oxygen atoms in total. The van der Waals surface area contributed by atoms with Gasteiger partial charge in [0.2, 0.25) is 0 Å². The normalized spacial score (nSPS) is 11.4. The molecule has 172 valence electrons. The van der Waals surface area contributed by atoms with Gasteiger partial charge in [-0.2, -0.15) is 0 Å². The van der Waals surface area contributed by atoms with Crippen molar-refractivity contribution in [3.8, 4) is 0 Å². The molecule has 0 rings (SSSR count). The van der Waals surface area contributed by atoms with Crippen LogP contribution in [0.5, 0.6) is 0 Å². The monoisotopic (exact) mass is 482 g/mol. The molecule has 0 aliphatic rings. The van der Waals surface area contributed by atoms with Crippen molar-refractivity contribution in [3.05, 3.63) is 0 Å². The fourth-order valence-electron chi connectivity index (χ4n) is 2.83. The van der Waals surface area contributed by atoms with Crippen molar-refractivity contribution < 1.29 is 25.9 Å². The van der Waals surface area contributed by atoms with Crippen LogP contribution in [-0.2, 0) is 20.2 Å². The minimum absolute atomic E-state index is 0. The third kappa shape index (κ3) is 40.0. The van der Waals surface area contributed by atoms with E-state index >= 15 is 0 Å². The van der Waals surface area contributed by atoms with Crippen molar-refractivity contribution in [2.24, 2.45) is 0 Å². The largest absolute Gasteiger partial charge is 2.00 e. The van der Waals surface area contributed by atoms with E-state index < -0.39 is 20.2 Å². The summed E-state index contributed by atoms with van der Waals surface area (Å²) in [7, 11) is -7.95. The molecule has 9 heteroatoms. The standard InChI is InChI=1S/2C10H22O3S.Ca/c2*1-2-3-4-5-6-7-8-9-10-14(11,12)13;/h2*2-10H2,1H3,(H,11,12,13);/q;;+2/p-2. The molecule has 0 fully saturated rings. The maximum atomic E-state index is 10.2. The predicted octanol–water partition coefficient (Wildman–Crippen LogP) is 4.96. The Labute approximate surface area is 210 Å². The summed E-state index contributed by atoms with van der Waals surface area (Å²) in [6.07, 6.45) is 17.3. The second-order valence-electron chi connectivity index (χ2n) is 7.47. The number of rotatable bonds is 18. The van der Waals surface area contributed by atoms with Crippen LogP contribution in [0.15, 0.2) is 0 Å². The smallest absolute Gasteiger partial charge is 0.748 e. The molecule has 0 aromatic carbocycles. The van der Waals surface area contributed by atoms with Crippen LogP contribution in [0.1, 0.15) is 117 Å². The third-order valence-electron chi connectivity index (χ3n) is 4.50. The van der Waals surface area contributed by atoms with Crippen molar-refractivity contribution in [2.45, 2.75) is 117 Å². The van der Waals surface area contributed by atoms with Gasteiger partial charge in [0.05, 0.1) is 20.2 Å². The van der Waals surface area contributed by atoms with Crippen molar-refractivity contribution in [3.63, 3.8) is 0 Å². The molecule has 0 aliphatic heterocycles. The van der Waals surface area contributed by atoms with Gasteiger partial charge in [-0.05, 0) is 12.8 Å². The maximum absolute atomic E-state index is 10.2. The Kier molecular flexibility index (Phi) is 28.4. The van der Waals surface area contributed by atoms with Gasteiger partial charge >= 0.3 is 37.7 Å². The molecule has 0 unspecified atom stereocenters. The molecule has 0 amide bonds. The Hall–Kier alpha value is 1.08. The van der Waals surface area contributed by atoms with Crippen molar-refractivity contribution in [2.75, 3.05) is 11.5 Å². The van der Waals surface area contributed by atoms with Crippen LogP contribution in [0, 0.1) is 0 Å². The summed E-state index contributed by atoms with van der Waals surface area (Å²) >= 11 is 0. The SMILES string of the molecule is CCCCCCCCCCS(=O)(=O)[O-].CCCCCCCCCCS(=O)(=O)[O-].[Ca+2]. The molecule has 0 bridgehead atoms. The first-order valence-electron chi connectivity index (χ1n) is 11.0. The number of unbranched alkanes of at least 4 members (excludes halogenated alkanes) is 14. The molecule has 0 heterocycles. The molecule has 0 saturated carbocycles. The van der Waals surface area contributed by atoms with E-state index in [1.807, 2.05) is 0 Å². The Morgan fingerprint density at radius 2 is 0.655 bits per heavy atom. The quantitative estimate of drug-likeness (QED) is 0.155. The van der Waals surface area contributed by atoms with Crippen molar-refractivity contribution in [1.29, 1.82) is 0 Å². The van der Waals surface area contributed by atoms with Gasteiger partial charge in [-0.1, -0.05) is 104 Å². The topological polar surface area (TPSA) is 114 Å². The third-order valence-corrected chi connectivity index (χ3v) is 6.07. The fourth-order valence-corrected chi connectivity index (χ4v) is 3.94. The van der Waals surface area contributed by atoms with Crippen molar-refractivity contribution >= 4 is 58.0 Å². The summed E-state index contributed by atoms with van der Waals surface area (Å²) in [5, 5.41) is 0. The summed E-state index contributed by atoms with van der Waals surface area (Å²) < 4.78 is 61.5. The van der Waals surface area contributed by atoms with Crippen LogP contribution >= 0.6 is 0 Å². The van der Waals surface area contributed by atoms with Gasteiger partial charge in [-0.3, -0.25) is 0 Å². The van der Waals surface area contributed by atoms with E-state index in [0.717, 1.165) is 25.7 Å². The second-order valence-corrected chi connectivity index (χ2v) is 10.5. The summed E-state index contributed by atoms with van der Waals surface area (Å²) in [6, 6.07) is 0. The van der Waals surface area contributed by atoms with Gasteiger partial charge in [0.25, 0.3) is 0 Å². The summed E-state index contributed by atoms with van der Waals surface area (Å²) in [5.74, 6) is -0.385. The molecular formula is C20H42CaO6S2. The molecular weight excluding hydrogens is 440 g/mol. The Morgan fingerprint density at radius 1 is 0.448 bits per heavy atom. The van der Waals surface area contributed by atoms with Gasteiger partial charge in [0.15, 0.2) is 0 Å². The summed E-state index contributed by atoms with van der Waals surface area (Å²) in [5.41, 5.74) is 0. The van der Waals surface area contributed by atoms with E-state index in [9.17, 15) is 25.9 Å². The molecule has 0 aliphatic carbocycles. The minimum atomic E-state index is -3.98. The van der Waals surface area contributed by atoms with Gasteiger partial charge in [-0.25, -0.2) is 16.8 Å². The molecule has 0 atom stereocenters.